The molecule has 0 amide bonds. The number of hydrogen-bond acceptors (Lipinski definition) is 4. The zero-order valence-electron chi connectivity index (χ0n) is 14.4. The van der Waals surface area contributed by atoms with Gasteiger partial charge in [0.15, 0.2) is 5.96 Å². The van der Waals surface area contributed by atoms with Crippen molar-refractivity contribution in [2.75, 3.05) is 44.9 Å². The fourth-order valence-electron chi connectivity index (χ4n) is 1.61. The van der Waals surface area contributed by atoms with E-state index >= 15 is 0 Å². The molecule has 0 heterocycles. The molecule has 0 aliphatic carbocycles. The van der Waals surface area contributed by atoms with Crippen LogP contribution in [0.25, 0.3) is 0 Å². The number of guanidine groups is 1. The van der Waals surface area contributed by atoms with Gasteiger partial charge in [0, 0.05) is 19.7 Å². The van der Waals surface area contributed by atoms with Crippen LogP contribution in [0.15, 0.2) is 4.99 Å². The van der Waals surface area contributed by atoms with Crippen molar-refractivity contribution in [1.29, 1.82) is 0 Å². The predicted molar refractivity (Wildman–Crippen MR) is 109 cm³/mol. The summed E-state index contributed by atoms with van der Waals surface area (Å²) in [4.78, 5) is 4.39. The number of aliphatic hydroxyl groups excluding tert-OH is 1. The fraction of sp³-hybridized carbons (Fsp3) is 0.933. The summed E-state index contributed by atoms with van der Waals surface area (Å²) >= 11 is 1.87. The van der Waals surface area contributed by atoms with Crippen LogP contribution >= 0.6 is 35.7 Å². The van der Waals surface area contributed by atoms with Gasteiger partial charge in [0.05, 0.1) is 19.3 Å². The summed E-state index contributed by atoms with van der Waals surface area (Å²) in [5.41, 5.74) is 0. The lowest BCUT2D eigenvalue weighted by molar-refractivity contribution is 0.0301. The van der Waals surface area contributed by atoms with Gasteiger partial charge < -0.3 is 20.5 Å². The Hall–Kier alpha value is 0.270. The van der Waals surface area contributed by atoms with Crippen molar-refractivity contribution in [3.05, 3.63) is 0 Å². The number of hydrogen-bond donors (Lipinski definition) is 3. The molecule has 0 aliphatic heterocycles. The first-order chi connectivity index (χ1) is 10.1. The van der Waals surface area contributed by atoms with Gasteiger partial charge >= 0.3 is 0 Å². The highest BCUT2D eigenvalue weighted by atomic mass is 127. The normalized spacial score (nSPS) is 12.9. The molecule has 0 saturated heterocycles. The summed E-state index contributed by atoms with van der Waals surface area (Å²) in [5.74, 6) is 2.45. The maximum Gasteiger partial charge on any atom is 0.191 e. The van der Waals surface area contributed by atoms with E-state index in [1.165, 1.54) is 12.2 Å². The molecule has 7 heteroatoms. The van der Waals surface area contributed by atoms with Gasteiger partial charge in [-0.25, -0.2) is 0 Å². The van der Waals surface area contributed by atoms with Gasteiger partial charge in [-0.3, -0.25) is 4.99 Å². The average Bonchev–Trinajstić information content (AvgIpc) is 2.44. The van der Waals surface area contributed by atoms with Gasteiger partial charge in [0.2, 0.25) is 0 Å². The molecule has 134 valence electrons. The van der Waals surface area contributed by atoms with E-state index in [1.54, 1.807) is 0 Å². The number of aliphatic hydroxyl groups is 1. The van der Waals surface area contributed by atoms with Crippen LogP contribution in [0.1, 0.15) is 33.6 Å². The molecule has 1 unspecified atom stereocenters. The smallest absolute Gasteiger partial charge is 0.191 e. The molecule has 22 heavy (non-hydrogen) atoms. The Morgan fingerprint density at radius 2 is 1.95 bits per heavy atom. The summed E-state index contributed by atoms with van der Waals surface area (Å²) in [7, 11) is 0. The Labute approximate surface area is 157 Å². The Balaban J connectivity index is 0. The summed E-state index contributed by atoms with van der Waals surface area (Å²) in [6.07, 6.45) is 3.92. The van der Waals surface area contributed by atoms with E-state index in [4.69, 9.17) is 4.74 Å². The van der Waals surface area contributed by atoms with Crippen LogP contribution in [0, 0.1) is 5.92 Å². The molecular formula is C15H34IN3O2S. The Morgan fingerprint density at radius 1 is 1.23 bits per heavy atom. The average molecular weight is 447 g/mol. The molecule has 0 fully saturated rings. The first-order valence-electron chi connectivity index (χ1n) is 7.87. The molecule has 0 radical (unpaired) electrons. The van der Waals surface area contributed by atoms with Crippen molar-refractivity contribution in [2.45, 2.75) is 39.7 Å². The van der Waals surface area contributed by atoms with E-state index in [1.807, 2.05) is 18.7 Å². The largest absolute Gasteiger partial charge is 0.389 e. The predicted octanol–water partition coefficient (Wildman–Crippen LogP) is 2.34. The maximum absolute atomic E-state index is 9.83. The molecule has 5 nitrogen and oxygen atoms in total. The zero-order chi connectivity index (χ0) is 15.9. The van der Waals surface area contributed by atoms with Crippen LogP contribution in [-0.4, -0.2) is 62.0 Å². The summed E-state index contributed by atoms with van der Waals surface area (Å²) in [5, 5.41) is 16.3. The van der Waals surface area contributed by atoms with E-state index in [-0.39, 0.29) is 24.0 Å². The lowest BCUT2D eigenvalue weighted by Crippen LogP contribution is -2.38. The van der Waals surface area contributed by atoms with Crippen LogP contribution in [0.3, 0.4) is 0 Å². The second-order valence-corrected chi connectivity index (χ2v) is 6.42. The van der Waals surface area contributed by atoms with E-state index in [0.717, 1.165) is 25.5 Å². The monoisotopic (exact) mass is 447 g/mol. The van der Waals surface area contributed by atoms with E-state index in [2.05, 4.69) is 35.7 Å². The van der Waals surface area contributed by atoms with Crippen LogP contribution < -0.4 is 10.6 Å². The molecule has 0 aromatic rings. The minimum absolute atomic E-state index is 0. The summed E-state index contributed by atoms with van der Waals surface area (Å²) in [6, 6.07) is 0. The van der Waals surface area contributed by atoms with Gasteiger partial charge in [-0.15, -0.1) is 24.0 Å². The topological polar surface area (TPSA) is 65.9 Å². The van der Waals surface area contributed by atoms with Crippen LogP contribution in [0.5, 0.6) is 0 Å². The van der Waals surface area contributed by atoms with Crippen LogP contribution in [0.4, 0.5) is 0 Å². The molecule has 0 saturated carbocycles. The molecule has 1 atom stereocenters. The molecule has 0 bridgehead atoms. The molecular weight excluding hydrogens is 413 g/mol. The number of nitrogens with zero attached hydrogens (tertiary/aromatic N) is 1. The highest BCUT2D eigenvalue weighted by molar-refractivity contribution is 14.0. The third kappa shape index (κ3) is 16.6. The quantitative estimate of drug-likeness (QED) is 0.186. The minimum Gasteiger partial charge on any atom is -0.389 e. The lowest BCUT2D eigenvalue weighted by Gasteiger charge is -2.14. The highest BCUT2D eigenvalue weighted by Gasteiger charge is 2.05. The number of rotatable bonds is 12. The SMILES string of the molecule is CCNC(=NCC(O)COCC(C)C)NCCCCSC.I. The number of thioether (sulfide) groups is 1. The molecule has 0 aromatic carbocycles. The number of unbranched alkanes of at least 4 members (excludes halogenated alkanes) is 1. The Bertz CT molecular complexity index is 269. The minimum atomic E-state index is -0.546. The summed E-state index contributed by atoms with van der Waals surface area (Å²) in [6.45, 7) is 9.32. The third-order valence-electron chi connectivity index (χ3n) is 2.63. The van der Waals surface area contributed by atoms with Crippen molar-refractivity contribution in [2.24, 2.45) is 10.9 Å². The first kappa shape index (κ1) is 24.5. The van der Waals surface area contributed by atoms with Gasteiger partial charge in [0.1, 0.15) is 0 Å². The van der Waals surface area contributed by atoms with E-state index in [9.17, 15) is 5.11 Å². The molecule has 3 N–H and O–H groups in total. The van der Waals surface area contributed by atoms with Gasteiger partial charge in [-0.2, -0.15) is 11.8 Å². The van der Waals surface area contributed by atoms with Crippen LogP contribution in [-0.2, 0) is 4.74 Å². The second kappa shape index (κ2) is 17.6. The zero-order valence-corrected chi connectivity index (χ0v) is 17.6. The molecule has 0 spiro atoms. The van der Waals surface area contributed by atoms with Crippen molar-refractivity contribution in [1.82, 2.24) is 10.6 Å². The van der Waals surface area contributed by atoms with Crippen LogP contribution in [0.2, 0.25) is 0 Å². The van der Waals surface area contributed by atoms with Crippen molar-refractivity contribution in [3.8, 4) is 0 Å². The first-order valence-corrected chi connectivity index (χ1v) is 9.26. The number of nitrogens with one attached hydrogen (secondary N) is 2. The van der Waals surface area contributed by atoms with Crippen molar-refractivity contribution >= 4 is 41.7 Å². The highest BCUT2D eigenvalue weighted by Crippen LogP contribution is 1.98. The van der Waals surface area contributed by atoms with Gasteiger partial charge in [-0.1, -0.05) is 13.8 Å². The fourth-order valence-corrected chi connectivity index (χ4v) is 2.10. The maximum atomic E-state index is 9.83. The summed E-state index contributed by atoms with van der Waals surface area (Å²) < 4.78 is 5.41. The van der Waals surface area contributed by atoms with E-state index in [0.29, 0.717) is 25.7 Å². The van der Waals surface area contributed by atoms with Gasteiger partial charge in [0.25, 0.3) is 0 Å². The van der Waals surface area contributed by atoms with Crippen molar-refractivity contribution in [3.63, 3.8) is 0 Å². The molecule has 0 rings (SSSR count). The number of halogens is 1. The Kier molecular flexibility index (Phi) is 19.6. The van der Waals surface area contributed by atoms with Crippen molar-refractivity contribution < 1.29 is 9.84 Å². The van der Waals surface area contributed by atoms with Gasteiger partial charge in [-0.05, 0) is 37.7 Å². The standard InChI is InChI=1S/C15H33N3O2S.HI/c1-5-16-15(17-8-6-7-9-21-4)18-10-14(19)12-20-11-13(2)3;/h13-14,19H,5-12H2,1-4H3,(H2,16,17,18);1H. The lowest BCUT2D eigenvalue weighted by atomic mass is 10.2. The molecule has 0 aromatic heterocycles. The van der Waals surface area contributed by atoms with E-state index < -0.39 is 6.10 Å². The Morgan fingerprint density at radius 3 is 2.55 bits per heavy atom. The number of aliphatic imine (C=N–C) groups is 1. The second-order valence-electron chi connectivity index (χ2n) is 5.43. The molecule has 0 aliphatic rings. The third-order valence-corrected chi connectivity index (χ3v) is 3.33. The number of ether oxygens (including phenoxy) is 1.